The van der Waals surface area contributed by atoms with E-state index < -0.39 is 0 Å². The molecule has 0 unspecified atom stereocenters. The predicted octanol–water partition coefficient (Wildman–Crippen LogP) is 1.54. The van der Waals surface area contributed by atoms with Crippen molar-refractivity contribution in [2.45, 2.75) is 37.8 Å². The minimum absolute atomic E-state index is 0.413. The van der Waals surface area contributed by atoms with E-state index in [9.17, 15) is 0 Å². The van der Waals surface area contributed by atoms with Gasteiger partial charge in [0.1, 0.15) is 0 Å². The van der Waals surface area contributed by atoms with Gasteiger partial charge in [0.25, 0.3) is 0 Å². The van der Waals surface area contributed by atoms with E-state index in [2.05, 4.69) is 33.0 Å². The highest BCUT2D eigenvalue weighted by Gasteiger charge is 2.23. The van der Waals surface area contributed by atoms with Crippen molar-refractivity contribution in [2.75, 3.05) is 7.05 Å². The van der Waals surface area contributed by atoms with Crippen LogP contribution in [0.3, 0.4) is 0 Å². The molecule has 0 bridgehead atoms. The summed E-state index contributed by atoms with van der Waals surface area (Å²) in [6, 6.07) is 1.03. The molecule has 1 saturated carbocycles. The number of likely N-dealkylation sites (N-methyl/N-ethyl adjacent to an activating group) is 1. The Kier molecular flexibility index (Phi) is 3.39. The molecule has 0 heterocycles. The largest absolute Gasteiger partial charge is 0.326 e. The van der Waals surface area contributed by atoms with Crippen molar-refractivity contribution >= 4 is 22.9 Å². The molecule has 1 fully saturated rings. The van der Waals surface area contributed by atoms with Crippen LogP contribution in [0.25, 0.3) is 0 Å². The van der Waals surface area contributed by atoms with E-state index >= 15 is 0 Å². The maximum absolute atomic E-state index is 5.93. The lowest BCUT2D eigenvalue weighted by Gasteiger charge is -2.32. The van der Waals surface area contributed by atoms with Gasteiger partial charge in [-0.2, -0.15) is 0 Å². The average Bonchev–Trinajstić information content (AvgIpc) is 1.88. The summed E-state index contributed by atoms with van der Waals surface area (Å²) in [6.45, 7) is 0. The van der Waals surface area contributed by atoms with Crippen molar-refractivity contribution in [1.29, 1.82) is 0 Å². The third-order valence-corrected chi connectivity index (χ3v) is 2.95. The van der Waals surface area contributed by atoms with Crippen LogP contribution in [-0.2, 0) is 0 Å². The summed E-state index contributed by atoms with van der Waals surface area (Å²) >= 11 is 2.33. The van der Waals surface area contributed by atoms with Crippen LogP contribution in [0.4, 0.5) is 0 Å². The lowest BCUT2D eigenvalue weighted by atomic mass is 9.91. The maximum atomic E-state index is 5.93. The summed E-state index contributed by atoms with van der Waals surface area (Å²) in [4.78, 5) is 0. The van der Waals surface area contributed by atoms with Crippen molar-refractivity contribution < 1.29 is 0 Å². The van der Waals surface area contributed by atoms with Gasteiger partial charge in [-0.3, -0.25) is 0 Å². The molecule has 1 aliphatic carbocycles. The van der Waals surface area contributed by atoms with Gasteiger partial charge in [0.2, 0.25) is 0 Å². The topological polar surface area (TPSA) is 29.3 Å². The zero-order valence-corrected chi connectivity index (χ0v) is 8.54. The van der Waals surface area contributed by atoms with Gasteiger partial charge >= 0.3 is 0 Å². The minimum Gasteiger partial charge on any atom is -0.326 e. The SMILES string of the molecule is CN(I)[C@@H]1CCCC[C@H]1N. The van der Waals surface area contributed by atoms with Gasteiger partial charge in [0.05, 0.1) is 0 Å². The zero-order valence-electron chi connectivity index (χ0n) is 6.39. The highest BCUT2D eigenvalue weighted by molar-refractivity contribution is 14.1. The van der Waals surface area contributed by atoms with Crippen LogP contribution in [0.2, 0.25) is 0 Å². The lowest BCUT2D eigenvalue weighted by molar-refractivity contribution is 0.283. The first kappa shape index (κ1) is 8.74. The Morgan fingerprint density at radius 2 is 2.00 bits per heavy atom. The third-order valence-electron chi connectivity index (χ3n) is 2.24. The molecule has 1 rings (SSSR count). The molecule has 0 aliphatic heterocycles. The molecule has 1 aliphatic rings. The van der Waals surface area contributed by atoms with Gasteiger partial charge in [-0.15, -0.1) is 0 Å². The van der Waals surface area contributed by atoms with Gasteiger partial charge < -0.3 is 5.73 Å². The Labute approximate surface area is 76.6 Å². The molecule has 0 radical (unpaired) electrons. The molecule has 60 valence electrons. The van der Waals surface area contributed by atoms with Gasteiger partial charge in [0.15, 0.2) is 0 Å². The number of halogens is 1. The summed E-state index contributed by atoms with van der Waals surface area (Å²) in [5, 5.41) is 0. The fourth-order valence-electron chi connectivity index (χ4n) is 1.58. The van der Waals surface area contributed by atoms with Crippen LogP contribution in [0.5, 0.6) is 0 Å². The van der Waals surface area contributed by atoms with Crippen molar-refractivity contribution in [3.63, 3.8) is 0 Å². The van der Waals surface area contributed by atoms with Crippen LogP contribution >= 0.6 is 22.9 Å². The Balaban J connectivity index is 2.40. The van der Waals surface area contributed by atoms with E-state index in [0.717, 1.165) is 0 Å². The summed E-state index contributed by atoms with van der Waals surface area (Å²) < 4.78 is 2.22. The van der Waals surface area contributed by atoms with Gasteiger partial charge in [-0.25, -0.2) is 3.11 Å². The van der Waals surface area contributed by atoms with Gasteiger partial charge in [0, 0.05) is 34.9 Å². The van der Waals surface area contributed by atoms with Crippen LogP contribution in [-0.4, -0.2) is 22.2 Å². The van der Waals surface area contributed by atoms with E-state index in [1.165, 1.54) is 25.7 Å². The second-order valence-electron chi connectivity index (χ2n) is 3.04. The molecule has 0 saturated heterocycles. The molecule has 0 spiro atoms. The van der Waals surface area contributed by atoms with E-state index in [0.29, 0.717) is 12.1 Å². The molecule has 10 heavy (non-hydrogen) atoms. The average molecular weight is 254 g/mol. The first-order valence-corrected chi connectivity index (χ1v) is 4.82. The van der Waals surface area contributed by atoms with Crippen molar-refractivity contribution in [3.8, 4) is 0 Å². The van der Waals surface area contributed by atoms with Crippen LogP contribution in [0.15, 0.2) is 0 Å². The summed E-state index contributed by atoms with van der Waals surface area (Å²) in [5.41, 5.74) is 5.93. The Bertz CT molecular complexity index is 106. The molecule has 2 N–H and O–H groups in total. The van der Waals surface area contributed by atoms with Crippen LogP contribution in [0.1, 0.15) is 25.7 Å². The van der Waals surface area contributed by atoms with Crippen molar-refractivity contribution in [3.05, 3.63) is 0 Å². The quantitative estimate of drug-likeness (QED) is 0.568. The second kappa shape index (κ2) is 3.88. The molecular formula is C7H15IN2. The Hall–Kier alpha value is 0.650. The highest BCUT2D eigenvalue weighted by atomic mass is 127. The van der Waals surface area contributed by atoms with E-state index in [4.69, 9.17) is 5.73 Å². The second-order valence-corrected chi connectivity index (χ2v) is 4.56. The first-order chi connectivity index (χ1) is 4.72. The summed E-state index contributed by atoms with van der Waals surface area (Å²) in [7, 11) is 2.11. The fourth-order valence-corrected chi connectivity index (χ4v) is 2.27. The molecule has 2 nitrogen and oxygen atoms in total. The Morgan fingerprint density at radius 3 is 2.40 bits per heavy atom. The standard InChI is InChI=1S/C7H15IN2/c1-10(8)7-5-3-2-4-6(7)9/h6-7H,2-5,9H2,1H3/t6-,7-/m1/s1. The third kappa shape index (κ3) is 2.07. The molecule has 3 heteroatoms. The normalized spacial score (nSPS) is 34.8. The highest BCUT2D eigenvalue weighted by Crippen LogP contribution is 2.22. The fraction of sp³-hybridized carbons (Fsp3) is 1.00. The zero-order chi connectivity index (χ0) is 7.56. The lowest BCUT2D eigenvalue weighted by Crippen LogP contribution is -2.44. The molecule has 0 amide bonds. The molecule has 0 aromatic rings. The summed E-state index contributed by atoms with van der Waals surface area (Å²) in [6.07, 6.45) is 5.16. The predicted molar refractivity (Wildman–Crippen MR) is 52.0 cm³/mol. The maximum Gasteiger partial charge on any atom is 0.0342 e. The van der Waals surface area contributed by atoms with Crippen LogP contribution in [0, 0.1) is 0 Å². The number of nitrogens with zero attached hydrogens (tertiary/aromatic N) is 1. The molecule has 0 aromatic heterocycles. The van der Waals surface area contributed by atoms with Crippen molar-refractivity contribution in [1.82, 2.24) is 3.11 Å². The van der Waals surface area contributed by atoms with Crippen LogP contribution < -0.4 is 5.73 Å². The molecule has 0 aromatic carbocycles. The minimum atomic E-state index is 0.413. The van der Waals surface area contributed by atoms with E-state index in [1.54, 1.807) is 0 Å². The van der Waals surface area contributed by atoms with E-state index in [-0.39, 0.29) is 0 Å². The number of nitrogens with two attached hydrogens (primary N) is 1. The Morgan fingerprint density at radius 1 is 1.40 bits per heavy atom. The van der Waals surface area contributed by atoms with Gasteiger partial charge in [-0.05, 0) is 19.9 Å². The smallest absolute Gasteiger partial charge is 0.0342 e. The van der Waals surface area contributed by atoms with E-state index in [1.807, 2.05) is 0 Å². The monoisotopic (exact) mass is 254 g/mol. The number of rotatable bonds is 1. The first-order valence-electron chi connectivity index (χ1n) is 3.86. The number of hydrogen-bond acceptors (Lipinski definition) is 2. The van der Waals surface area contributed by atoms with Crippen molar-refractivity contribution in [2.24, 2.45) is 5.73 Å². The van der Waals surface area contributed by atoms with Gasteiger partial charge in [-0.1, -0.05) is 12.8 Å². The molecular weight excluding hydrogens is 239 g/mol. The molecule has 2 atom stereocenters. The number of hydrogen-bond donors (Lipinski definition) is 1. The summed E-state index contributed by atoms with van der Waals surface area (Å²) in [5.74, 6) is 0.